The Balaban J connectivity index is 0.000000188. The first kappa shape index (κ1) is 43.5. The summed E-state index contributed by atoms with van der Waals surface area (Å²) in [4.78, 5) is 56.6. The van der Waals surface area contributed by atoms with E-state index in [0.717, 1.165) is 52.0 Å². The minimum absolute atomic E-state index is 0.0828. The van der Waals surface area contributed by atoms with Gasteiger partial charge in [0.05, 0.1) is 28.1 Å². The Bertz CT molecular complexity index is 2650. The fraction of sp³-hybridized carbons (Fsp3) is 0.293. The van der Waals surface area contributed by atoms with Crippen molar-refractivity contribution >= 4 is 86.8 Å². The highest BCUT2D eigenvalue weighted by Crippen LogP contribution is 2.50. The number of anilines is 4. The summed E-state index contributed by atoms with van der Waals surface area (Å²) in [7, 11) is 1.35. The average Bonchev–Trinajstić information content (AvgIpc) is 3.59. The molecule has 0 unspecified atom stereocenters. The number of amides is 3. The first-order valence-electron chi connectivity index (χ1n) is 18.6. The molecule has 4 aromatic rings. The molecule has 4 heterocycles. The van der Waals surface area contributed by atoms with Crippen LogP contribution in [-0.2, 0) is 21.9 Å². The van der Waals surface area contributed by atoms with Crippen molar-refractivity contribution in [1.29, 1.82) is 0 Å². The zero-order valence-corrected chi connectivity index (χ0v) is 34.0. The molecule has 2 aliphatic heterocycles. The third kappa shape index (κ3) is 7.04. The lowest BCUT2D eigenvalue weighted by atomic mass is 9.75. The van der Waals surface area contributed by atoms with Crippen LogP contribution in [-0.4, -0.2) is 56.0 Å². The summed E-state index contributed by atoms with van der Waals surface area (Å²) in [6.45, 7) is 15.8. The Kier molecular flexibility index (Phi) is 11.0. The molecule has 2 saturated carbocycles. The quantitative estimate of drug-likeness (QED) is 0.119. The van der Waals surface area contributed by atoms with E-state index in [1.54, 1.807) is 4.90 Å². The predicted molar refractivity (Wildman–Crippen MR) is 220 cm³/mol. The highest BCUT2D eigenvalue weighted by Gasteiger charge is 2.61. The van der Waals surface area contributed by atoms with E-state index in [4.69, 9.17) is 37.6 Å². The molecule has 0 bridgehead atoms. The van der Waals surface area contributed by atoms with Crippen molar-refractivity contribution in [1.82, 2.24) is 15.3 Å². The van der Waals surface area contributed by atoms with Gasteiger partial charge in [0.15, 0.2) is 10.2 Å². The number of aryl methyl sites for hydroxylation is 1. The van der Waals surface area contributed by atoms with Gasteiger partial charge < -0.3 is 24.8 Å². The molecule has 2 aromatic heterocycles. The van der Waals surface area contributed by atoms with Gasteiger partial charge in [0.1, 0.15) is 29.3 Å². The average molecular weight is 894 g/mol. The molecule has 318 valence electrons. The van der Waals surface area contributed by atoms with Crippen LogP contribution in [0.25, 0.3) is 9.69 Å². The molecule has 1 N–H and O–H groups in total. The number of aromatic nitrogens is 2. The van der Waals surface area contributed by atoms with Crippen molar-refractivity contribution in [2.24, 2.45) is 0 Å². The van der Waals surface area contributed by atoms with E-state index < -0.39 is 63.8 Å². The molecule has 12 nitrogen and oxygen atoms in total. The lowest BCUT2D eigenvalue weighted by Crippen LogP contribution is -2.55. The Hall–Kier alpha value is -6.58. The Morgan fingerprint density at radius 3 is 1.48 bits per heavy atom. The van der Waals surface area contributed by atoms with Crippen LogP contribution in [0, 0.1) is 25.9 Å². The van der Waals surface area contributed by atoms with Gasteiger partial charge in [-0.15, -0.1) is 9.97 Å². The highest BCUT2D eigenvalue weighted by atomic mass is 32.1. The van der Waals surface area contributed by atoms with Gasteiger partial charge in [-0.2, -0.15) is 26.3 Å². The first-order valence-corrected chi connectivity index (χ1v) is 19.4. The number of carbonyl (C=O) groups excluding carboxylic acids is 3. The number of nitrogens with zero attached hydrogens (tertiary/aromatic N) is 8. The maximum Gasteiger partial charge on any atom is 0.409 e. The standard InChI is InChI=1S/C21H15F4N5O2S.C20H15F3N4OS/c1-26-16-14(21(23,24)25)8-12(10-28-16)29-18(32)20(6-3-7-20)30(19(29)33)11-4-5-13(15(22)9-11)17(31)27-2;1-12-4-6-13(7-5-12)27-18(29)26(17(28)19(27)8-3-9-19)14-10-15(20(21,22)23)16(24-2)25-11-14/h4-5,8-10H,3,6-7H2,2H3,(H,27,31);4-7,10-11H,3,8-9H2,1H3. The second kappa shape index (κ2) is 15.7. The van der Waals surface area contributed by atoms with Crippen molar-refractivity contribution in [3.05, 3.63) is 118 Å². The van der Waals surface area contributed by atoms with Crippen molar-refractivity contribution in [3.63, 3.8) is 0 Å². The minimum Gasteiger partial charge on any atom is -0.360 e. The molecule has 8 rings (SSSR count). The molecule has 2 saturated heterocycles. The van der Waals surface area contributed by atoms with Crippen LogP contribution >= 0.6 is 24.4 Å². The van der Waals surface area contributed by atoms with Gasteiger partial charge in [-0.3, -0.25) is 24.2 Å². The fourth-order valence-corrected chi connectivity index (χ4v) is 8.74. The second-order valence-corrected chi connectivity index (χ2v) is 15.4. The highest BCUT2D eigenvalue weighted by molar-refractivity contribution is 7.81. The lowest BCUT2D eigenvalue weighted by Gasteiger charge is -2.43. The summed E-state index contributed by atoms with van der Waals surface area (Å²) in [6.07, 6.45) is -4.20. The number of alkyl halides is 6. The molecule has 0 atom stereocenters. The number of pyridine rings is 2. The lowest BCUT2D eigenvalue weighted by molar-refractivity contribution is -0.137. The van der Waals surface area contributed by atoms with Crippen molar-refractivity contribution in [2.45, 2.75) is 68.9 Å². The molecule has 2 aromatic carbocycles. The molecule has 0 radical (unpaired) electrons. The van der Waals surface area contributed by atoms with Gasteiger partial charge >= 0.3 is 12.4 Å². The van der Waals surface area contributed by atoms with E-state index in [1.165, 1.54) is 24.1 Å². The molecule has 62 heavy (non-hydrogen) atoms. The SMILES string of the molecule is [C-]#[N+]c1ncc(N2C(=O)C3(CCC3)N(c3ccc(C(=O)NC)c(F)c3)C2=S)cc1C(F)(F)F.[C-]#[N+]c1ncc(N2C(=O)C3(CCC3)N(c3ccc(C)cc3)C2=S)cc1C(F)(F)F. The zero-order valence-electron chi connectivity index (χ0n) is 32.4. The third-order valence-corrected chi connectivity index (χ3v) is 11.9. The summed E-state index contributed by atoms with van der Waals surface area (Å²) in [5.74, 6) is -3.99. The smallest absolute Gasteiger partial charge is 0.360 e. The van der Waals surface area contributed by atoms with Crippen molar-refractivity contribution < 1.29 is 45.1 Å². The van der Waals surface area contributed by atoms with Crippen LogP contribution in [0.2, 0.25) is 0 Å². The molecule has 4 fully saturated rings. The fourth-order valence-electron chi connectivity index (χ4n) is 7.80. The zero-order chi connectivity index (χ0) is 45.1. The van der Waals surface area contributed by atoms with E-state index in [0.29, 0.717) is 38.2 Å². The second-order valence-electron chi connectivity index (χ2n) is 14.7. The number of hydrogen-bond acceptors (Lipinski definition) is 7. The molecular weight excluding hydrogens is 864 g/mol. The summed E-state index contributed by atoms with van der Waals surface area (Å²) in [6, 6.07) is 12.7. The molecule has 21 heteroatoms. The summed E-state index contributed by atoms with van der Waals surface area (Å²) in [5.41, 5.74) is -3.09. The maximum atomic E-state index is 14.6. The largest absolute Gasteiger partial charge is 0.409 e. The number of thiocarbonyl (C=S) groups is 2. The van der Waals surface area contributed by atoms with Gasteiger partial charge in [-0.25, -0.2) is 4.39 Å². The molecule has 3 amide bonds. The molecule has 2 spiro atoms. The van der Waals surface area contributed by atoms with Crippen molar-refractivity contribution in [3.8, 4) is 0 Å². The van der Waals surface area contributed by atoms with Gasteiger partial charge in [0, 0.05) is 18.4 Å². The Labute approximate surface area is 359 Å². The topological polar surface area (TPSA) is 111 Å². The minimum atomic E-state index is -4.86. The summed E-state index contributed by atoms with van der Waals surface area (Å²) >= 11 is 11.0. The monoisotopic (exact) mass is 893 g/mol. The van der Waals surface area contributed by atoms with Crippen LogP contribution in [0.15, 0.2) is 67.0 Å². The van der Waals surface area contributed by atoms with Gasteiger partial charge in [-0.05, 0) is 112 Å². The summed E-state index contributed by atoms with van der Waals surface area (Å²) < 4.78 is 95.1. The maximum absolute atomic E-state index is 14.6. The van der Waals surface area contributed by atoms with Gasteiger partial charge in [0.2, 0.25) is 0 Å². The number of hydrogen-bond donors (Lipinski definition) is 1. The van der Waals surface area contributed by atoms with Gasteiger partial charge in [0.25, 0.3) is 29.4 Å². The molecular formula is C41H30F7N9O3S2. The number of carbonyl (C=O) groups is 3. The third-order valence-electron chi connectivity index (χ3n) is 11.2. The molecule has 4 aliphatic rings. The molecule has 2 aliphatic carbocycles. The van der Waals surface area contributed by atoms with E-state index in [1.807, 2.05) is 31.2 Å². The number of nitrogens with one attached hydrogen (secondary N) is 1. The van der Waals surface area contributed by atoms with Crippen LogP contribution in [0.5, 0.6) is 0 Å². The first-order chi connectivity index (χ1) is 29.2. The van der Waals surface area contributed by atoms with E-state index in [9.17, 15) is 45.1 Å². The van der Waals surface area contributed by atoms with Crippen molar-refractivity contribution in [2.75, 3.05) is 26.6 Å². The van der Waals surface area contributed by atoms with E-state index in [2.05, 4.69) is 25.0 Å². The number of rotatable bonds is 5. The van der Waals surface area contributed by atoms with E-state index >= 15 is 0 Å². The van der Waals surface area contributed by atoms with Crippen LogP contribution in [0.4, 0.5) is 65.1 Å². The number of halogens is 7. The number of benzene rings is 2. The summed E-state index contributed by atoms with van der Waals surface area (Å²) in [5, 5.41) is 2.29. The van der Waals surface area contributed by atoms with E-state index in [-0.39, 0.29) is 38.8 Å². The van der Waals surface area contributed by atoms with Crippen LogP contribution in [0.3, 0.4) is 0 Å². The normalized spacial score (nSPS) is 17.7. The van der Waals surface area contributed by atoms with Crippen LogP contribution < -0.4 is 24.9 Å². The predicted octanol–water partition coefficient (Wildman–Crippen LogP) is 9.23. The Morgan fingerprint density at radius 1 is 0.710 bits per heavy atom. The van der Waals surface area contributed by atoms with Crippen LogP contribution in [0.1, 0.15) is 65.6 Å². The van der Waals surface area contributed by atoms with Gasteiger partial charge in [-0.1, -0.05) is 30.8 Å². The Morgan fingerprint density at radius 2 is 1.13 bits per heavy atom.